The molecular formula is C17H21FN4O. The molecule has 0 spiro atoms. The van der Waals surface area contributed by atoms with Crippen molar-refractivity contribution in [3.05, 3.63) is 52.2 Å². The molecule has 122 valence electrons. The molecule has 0 aliphatic carbocycles. The number of piperidine rings is 1. The molecule has 1 aromatic carbocycles. The number of hydrogen-bond donors (Lipinski definition) is 2. The van der Waals surface area contributed by atoms with Gasteiger partial charge in [-0.15, -0.1) is 0 Å². The van der Waals surface area contributed by atoms with Gasteiger partial charge in [-0.3, -0.25) is 9.69 Å². The summed E-state index contributed by atoms with van der Waals surface area (Å²) in [5, 5.41) is 0. The van der Waals surface area contributed by atoms with Crippen LogP contribution in [-0.2, 0) is 6.54 Å². The lowest BCUT2D eigenvalue weighted by Crippen LogP contribution is -2.36. The van der Waals surface area contributed by atoms with Crippen molar-refractivity contribution in [2.45, 2.75) is 19.4 Å². The quantitative estimate of drug-likeness (QED) is 0.901. The molecular weight excluding hydrogens is 295 g/mol. The van der Waals surface area contributed by atoms with Crippen LogP contribution < -0.4 is 11.3 Å². The van der Waals surface area contributed by atoms with E-state index in [0.717, 1.165) is 38.2 Å². The number of benzene rings is 1. The maximum absolute atomic E-state index is 13.0. The number of nitrogens with two attached hydrogens (primary N) is 1. The molecule has 1 fully saturated rings. The number of hydrogen-bond acceptors (Lipinski definition) is 4. The van der Waals surface area contributed by atoms with E-state index >= 15 is 0 Å². The van der Waals surface area contributed by atoms with Crippen molar-refractivity contribution >= 4 is 0 Å². The second-order valence-electron chi connectivity index (χ2n) is 6.05. The van der Waals surface area contributed by atoms with Gasteiger partial charge in [-0.25, -0.2) is 9.37 Å². The third-order valence-corrected chi connectivity index (χ3v) is 4.34. The highest BCUT2D eigenvalue weighted by molar-refractivity contribution is 5.54. The minimum Gasteiger partial charge on any atom is -0.330 e. The Morgan fingerprint density at radius 1 is 1.26 bits per heavy atom. The van der Waals surface area contributed by atoms with Crippen LogP contribution in [0.1, 0.15) is 18.5 Å². The molecule has 6 heteroatoms. The van der Waals surface area contributed by atoms with E-state index < -0.39 is 0 Å². The predicted octanol–water partition coefficient (Wildman–Crippen LogP) is 1.75. The van der Waals surface area contributed by atoms with Gasteiger partial charge < -0.3 is 10.7 Å². The molecule has 1 aliphatic rings. The fraction of sp³-hybridized carbons (Fsp3) is 0.412. The Balaban J connectivity index is 1.76. The number of aromatic nitrogens is 2. The zero-order valence-corrected chi connectivity index (χ0v) is 13.0. The highest BCUT2D eigenvalue weighted by Gasteiger charge is 2.18. The van der Waals surface area contributed by atoms with Gasteiger partial charge in [0, 0.05) is 18.2 Å². The summed E-state index contributed by atoms with van der Waals surface area (Å²) in [7, 11) is 0. The Hall–Kier alpha value is -2.05. The summed E-state index contributed by atoms with van der Waals surface area (Å²) in [5.74, 6) is 0.771. The molecule has 5 nitrogen and oxygen atoms in total. The van der Waals surface area contributed by atoms with Crippen LogP contribution in [0.25, 0.3) is 11.4 Å². The molecule has 2 aromatic rings. The Bertz CT molecular complexity index is 705. The minimum absolute atomic E-state index is 0.189. The summed E-state index contributed by atoms with van der Waals surface area (Å²) in [5.41, 5.74) is 6.96. The van der Waals surface area contributed by atoms with Crippen LogP contribution in [0, 0.1) is 11.7 Å². The van der Waals surface area contributed by atoms with Crippen molar-refractivity contribution in [2.24, 2.45) is 11.7 Å². The summed E-state index contributed by atoms with van der Waals surface area (Å²) in [6.45, 7) is 3.34. The number of nitrogens with zero attached hydrogens (tertiary/aromatic N) is 2. The highest BCUT2D eigenvalue weighted by atomic mass is 19.1. The fourth-order valence-corrected chi connectivity index (χ4v) is 2.94. The molecule has 0 amide bonds. The van der Waals surface area contributed by atoms with E-state index in [4.69, 9.17) is 5.73 Å². The number of rotatable bonds is 4. The van der Waals surface area contributed by atoms with Crippen LogP contribution in [0.2, 0.25) is 0 Å². The van der Waals surface area contributed by atoms with E-state index in [9.17, 15) is 9.18 Å². The van der Waals surface area contributed by atoms with Crippen molar-refractivity contribution in [1.29, 1.82) is 0 Å². The van der Waals surface area contributed by atoms with Crippen LogP contribution in [0.3, 0.4) is 0 Å². The van der Waals surface area contributed by atoms with Crippen LogP contribution in [0.4, 0.5) is 4.39 Å². The van der Waals surface area contributed by atoms with Gasteiger partial charge in [0.2, 0.25) is 0 Å². The lowest BCUT2D eigenvalue weighted by Gasteiger charge is -2.30. The average Bonchev–Trinajstić information content (AvgIpc) is 2.56. The Kier molecular flexibility index (Phi) is 4.83. The summed E-state index contributed by atoms with van der Waals surface area (Å²) in [6.07, 6.45) is 2.18. The molecule has 0 radical (unpaired) electrons. The van der Waals surface area contributed by atoms with Crippen molar-refractivity contribution in [1.82, 2.24) is 14.9 Å². The average molecular weight is 316 g/mol. The van der Waals surface area contributed by atoms with Crippen molar-refractivity contribution < 1.29 is 4.39 Å². The van der Waals surface area contributed by atoms with E-state index in [1.165, 1.54) is 18.2 Å². The van der Waals surface area contributed by atoms with Crippen molar-refractivity contribution in [3.63, 3.8) is 0 Å². The van der Waals surface area contributed by atoms with Crippen LogP contribution in [0.15, 0.2) is 35.1 Å². The molecule has 1 aromatic heterocycles. The normalized spacial score (nSPS) is 16.6. The van der Waals surface area contributed by atoms with E-state index in [1.54, 1.807) is 12.1 Å². The Labute approximate surface area is 134 Å². The van der Waals surface area contributed by atoms with Gasteiger partial charge >= 0.3 is 0 Å². The third-order valence-electron chi connectivity index (χ3n) is 4.34. The zero-order valence-electron chi connectivity index (χ0n) is 13.0. The zero-order chi connectivity index (χ0) is 16.2. The van der Waals surface area contributed by atoms with Gasteiger partial charge in [0.05, 0.1) is 5.69 Å². The van der Waals surface area contributed by atoms with Gasteiger partial charge in [0.15, 0.2) is 0 Å². The topological polar surface area (TPSA) is 75.0 Å². The number of H-pyrrole nitrogens is 1. The number of aromatic amines is 1. The van der Waals surface area contributed by atoms with Gasteiger partial charge in [-0.1, -0.05) is 0 Å². The van der Waals surface area contributed by atoms with E-state index in [-0.39, 0.29) is 11.4 Å². The standard InChI is InChI=1S/C17H21FN4O/c18-14-3-1-13(2-4-14)17-20-15(9-16(23)21-17)11-22-7-5-12(10-19)6-8-22/h1-4,9,12H,5-8,10-11,19H2,(H,20,21,23). The second kappa shape index (κ2) is 7.02. The van der Waals surface area contributed by atoms with Crippen LogP contribution >= 0.6 is 0 Å². The second-order valence-corrected chi connectivity index (χ2v) is 6.05. The molecule has 3 rings (SSSR count). The van der Waals surface area contributed by atoms with Crippen LogP contribution in [-0.4, -0.2) is 34.5 Å². The summed E-state index contributed by atoms with van der Waals surface area (Å²) in [6, 6.07) is 7.48. The molecule has 23 heavy (non-hydrogen) atoms. The van der Waals surface area contributed by atoms with E-state index in [0.29, 0.717) is 23.9 Å². The molecule has 0 unspecified atom stereocenters. The van der Waals surface area contributed by atoms with Crippen LogP contribution in [0.5, 0.6) is 0 Å². The first kappa shape index (κ1) is 15.8. The van der Waals surface area contributed by atoms with E-state index in [1.807, 2.05) is 0 Å². The number of halogens is 1. The molecule has 0 saturated carbocycles. The first-order chi connectivity index (χ1) is 11.1. The lowest BCUT2D eigenvalue weighted by molar-refractivity contribution is 0.178. The molecule has 0 atom stereocenters. The monoisotopic (exact) mass is 316 g/mol. The third kappa shape index (κ3) is 4.03. The van der Waals surface area contributed by atoms with E-state index in [2.05, 4.69) is 14.9 Å². The first-order valence-corrected chi connectivity index (χ1v) is 7.92. The van der Waals surface area contributed by atoms with Gasteiger partial charge in [0.25, 0.3) is 5.56 Å². The number of nitrogens with one attached hydrogen (secondary N) is 1. The summed E-state index contributed by atoms with van der Waals surface area (Å²) < 4.78 is 13.0. The molecule has 1 saturated heterocycles. The maximum Gasteiger partial charge on any atom is 0.251 e. The van der Waals surface area contributed by atoms with Crippen molar-refractivity contribution in [2.75, 3.05) is 19.6 Å². The molecule has 3 N–H and O–H groups in total. The minimum atomic E-state index is -0.310. The largest absolute Gasteiger partial charge is 0.330 e. The number of likely N-dealkylation sites (tertiary alicyclic amines) is 1. The van der Waals surface area contributed by atoms with Gasteiger partial charge in [-0.2, -0.15) is 0 Å². The molecule has 0 bridgehead atoms. The Morgan fingerprint density at radius 2 is 1.96 bits per heavy atom. The lowest BCUT2D eigenvalue weighted by atomic mass is 9.97. The van der Waals surface area contributed by atoms with Crippen molar-refractivity contribution in [3.8, 4) is 11.4 Å². The highest BCUT2D eigenvalue weighted by Crippen LogP contribution is 2.18. The maximum atomic E-state index is 13.0. The molecule has 1 aliphatic heterocycles. The predicted molar refractivity (Wildman–Crippen MR) is 87.3 cm³/mol. The van der Waals surface area contributed by atoms with Gasteiger partial charge in [-0.05, 0) is 62.7 Å². The Morgan fingerprint density at radius 3 is 2.61 bits per heavy atom. The van der Waals surface area contributed by atoms with Gasteiger partial charge in [0.1, 0.15) is 11.6 Å². The smallest absolute Gasteiger partial charge is 0.251 e. The fourth-order valence-electron chi connectivity index (χ4n) is 2.94. The SMILES string of the molecule is NCC1CCN(Cc2cc(=O)[nH]c(-c3ccc(F)cc3)n2)CC1. The molecule has 2 heterocycles. The summed E-state index contributed by atoms with van der Waals surface area (Å²) >= 11 is 0. The summed E-state index contributed by atoms with van der Waals surface area (Å²) in [4.78, 5) is 21.4. The first-order valence-electron chi connectivity index (χ1n) is 7.92.